The van der Waals surface area contributed by atoms with Gasteiger partial charge in [-0.1, -0.05) is 104 Å². The molecule has 0 bridgehead atoms. The van der Waals surface area contributed by atoms with E-state index in [1.54, 1.807) is 0 Å². The van der Waals surface area contributed by atoms with E-state index in [0.717, 1.165) is 6.42 Å². The summed E-state index contributed by atoms with van der Waals surface area (Å²) in [5, 5.41) is 0. The molecule has 17 heavy (non-hydrogen) atoms. The fourth-order valence-corrected chi connectivity index (χ4v) is 2.26. The number of unbranched alkanes of at least 4 members (excludes halogenated alkanes) is 11. The molecule has 0 heteroatoms. The van der Waals surface area contributed by atoms with Crippen molar-refractivity contribution in [3.8, 4) is 0 Å². The van der Waals surface area contributed by atoms with Gasteiger partial charge in [-0.2, -0.15) is 0 Å². The number of hydrogen-bond donors (Lipinski definition) is 0. The molecule has 0 saturated carbocycles. The lowest BCUT2D eigenvalue weighted by Crippen LogP contribution is -1.87. The van der Waals surface area contributed by atoms with Crippen LogP contribution in [0.15, 0.2) is 0 Å². The van der Waals surface area contributed by atoms with Gasteiger partial charge >= 0.3 is 0 Å². The topological polar surface area (TPSA) is 0 Å². The van der Waals surface area contributed by atoms with Crippen molar-refractivity contribution in [2.75, 3.05) is 0 Å². The van der Waals surface area contributed by atoms with E-state index in [1.165, 1.54) is 77.0 Å². The maximum Gasteiger partial charge on any atom is -0.0443 e. The largest absolute Gasteiger partial charge is 0.0625 e. The van der Waals surface area contributed by atoms with Crippen LogP contribution in [0, 0.1) is 19.8 Å². The zero-order valence-corrected chi connectivity index (χ0v) is 12.2. The van der Waals surface area contributed by atoms with Gasteiger partial charge in [0.05, 0.1) is 0 Å². The SMILES string of the molecule is [CH2]CCCCCCCCCCCCCC([CH2])C. The highest BCUT2D eigenvalue weighted by Gasteiger charge is 1.95. The summed E-state index contributed by atoms with van der Waals surface area (Å²) in [6, 6.07) is 0. The molecular formula is C17H34. The Bertz CT molecular complexity index is 126. The van der Waals surface area contributed by atoms with Crippen molar-refractivity contribution in [3.63, 3.8) is 0 Å². The Balaban J connectivity index is 2.89. The van der Waals surface area contributed by atoms with Crippen LogP contribution in [0.1, 0.15) is 90.4 Å². The van der Waals surface area contributed by atoms with Crippen molar-refractivity contribution in [3.05, 3.63) is 13.8 Å². The standard InChI is InChI=1S/C17H34/c1-4-5-6-7-8-9-10-11-12-13-14-15-16-17(2)3/h17H,1-2,4-16H2,3H3. The Hall–Kier alpha value is 0. The average Bonchev–Trinajstić information content (AvgIpc) is 2.30. The van der Waals surface area contributed by atoms with Gasteiger partial charge in [0.25, 0.3) is 0 Å². The van der Waals surface area contributed by atoms with E-state index in [2.05, 4.69) is 20.8 Å². The summed E-state index contributed by atoms with van der Waals surface area (Å²) >= 11 is 0. The van der Waals surface area contributed by atoms with Crippen molar-refractivity contribution in [1.29, 1.82) is 0 Å². The van der Waals surface area contributed by atoms with Crippen molar-refractivity contribution in [2.24, 2.45) is 5.92 Å². The summed E-state index contributed by atoms with van der Waals surface area (Å²) in [6.45, 7) is 10.1. The number of hydrogen-bond acceptors (Lipinski definition) is 0. The molecular weight excluding hydrogens is 204 g/mol. The second-order valence-corrected chi connectivity index (χ2v) is 5.64. The highest BCUT2D eigenvalue weighted by molar-refractivity contribution is 4.54. The van der Waals surface area contributed by atoms with E-state index in [-0.39, 0.29) is 0 Å². The molecule has 1 unspecified atom stereocenters. The molecule has 2 radical (unpaired) electrons. The summed E-state index contributed by atoms with van der Waals surface area (Å²) in [7, 11) is 0. The van der Waals surface area contributed by atoms with Crippen molar-refractivity contribution >= 4 is 0 Å². The molecule has 0 aromatic rings. The van der Waals surface area contributed by atoms with E-state index in [0.29, 0.717) is 5.92 Å². The fraction of sp³-hybridized carbons (Fsp3) is 0.882. The van der Waals surface area contributed by atoms with Crippen molar-refractivity contribution in [1.82, 2.24) is 0 Å². The minimum absolute atomic E-state index is 0.647. The second kappa shape index (κ2) is 14.1. The lowest BCUT2D eigenvalue weighted by atomic mass is 10.0. The molecule has 0 N–H and O–H groups in total. The van der Waals surface area contributed by atoms with Gasteiger partial charge in [0.1, 0.15) is 0 Å². The molecule has 0 saturated heterocycles. The van der Waals surface area contributed by atoms with Gasteiger partial charge in [-0.15, -0.1) is 0 Å². The van der Waals surface area contributed by atoms with Crippen LogP contribution in [0.4, 0.5) is 0 Å². The molecule has 0 aliphatic rings. The highest BCUT2D eigenvalue weighted by atomic mass is 14.0. The van der Waals surface area contributed by atoms with Gasteiger partial charge in [-0.05, 0) is 5.92 Å². The van der Waals surface area contributed by atoms with Crippen LogP contribution >= 0.6 is 0 Å². The summed E-state index contributed by atoms with van der Waals surface area (Å²) in [5.41, 5.74) is 0. The first-order valence-electron chi connectivity index (χ1n) is 7.89. The lowest BCUT2D eigenvalue weighted by molar-refractivity contribution is 0.522. The molecule has 0 aromatic carbocycles. The molecule has 0 aliphatic heterocycles. The summed E-state index contributed by atoms with van der Waals surface area (Å²) in [5.74, 6) is 0.647. The van der Waals surface area contributed by atoms with E-state index in [1.807, 2.05) is 0 Å². The summed E-state index contributed by atoms with van der Waals surface area (Å²) in [6.07, 6.45) is 18.1. The molecule has 0 heterocycles. The van der Waals surface area contributed by atoms with Crippen LogP contribution in [0.5, 0.6) is 0 Å². The quantitative estimate of drug-likeness (QED) is 0.327. The van der Waals surface area contributed by atoms with Gasteiger partial charge in [-0.25, -0.2) is 0 Å². The van der Waals surface area contributed by atoms with E-state index in [4.69, 9.17) is 0 Å². The van der Waals surface area contributed by atoms with Crippen LogP contribution in [0.25, 0.3) is 0 Å². The Morgan fingerprint density at radius 2 is 1.00 bits per heavy atom. The minimum atomic E-state index is 0.647. The molecule has 102 valence electrons. The molecule has 0 spiro atoms. The van der Waals surface area contributed by atoms with Crippen LogP contribution in [-0.2, 0) is 0 Å². The Kier molecular flexibility index (Phi) is 14.1. The van der Waals surface area contributed by atoms with Crippen molar-refractivity contribution in [2.45, 2.75) is 90.4 Å². The Morgan fingerprint density at radius 1 is 0.647 bits per heavy atom. The van der Waals surface area contributed by atoms with Gasteiger partial charge in [0.2, 0.25) is 0 Å². The first kappa shape index (κ1) is 17.0. The first-order chi connectivity index (χ1) is 8.27. The normalized spacial score (nSPS) is 11.3. The molecule has 0 rings (SSSR count). The number of rotatable bonds is 13. The van der Waals surface area contributed by atoms with Gasteiger partial charge in [0, 0.05) is 0 Å². The predicted octanol–water partition coefficient (Wildman–Crippen LogP) is 6.36. The Morgan fingerprint density at radius 3 is 1.35 bits per heavy atom. The smallest absolute Gasteiger partial charge is 0.0443 e. The average molecular weight is 238 g/mol. The molecule has 0 fully saturated rings. The third-order valence-electron chi connectivity index (χ3n) is 3.45. The van der Waals surface area contributed by atoms with Crippen LogP contribution in [-0.4, -0.2) is 0 Å². The maximum absolute atomic E-state index is 4.02. The second-order valence-electron chi connectivity index (χ2n) is 5.64. The predicted molar refractivity (Wildman–Crippen MR) is 79.9 cm³/mol. The third-order valence-corrected chi connectivity index (χ3v) is 3.45. The zero-order valence-electron chi connectivity index (χ0n) is 12.2. The molecule has 0 amide bonds. The Labute approximate surface area is 111 Å². The van der Waals surface area contributed by atoms with Gasteiger partial charge < -0.3 is 0 Å². The van der Waals surface area contributed by atoms with Crippen LogP contribution < -0.4 is 0 Å². The van der Waals surface area contributed by atoms with Gasteiger partial charge in [-0.3, -0.25) is 0 Å². The van der Waals surface area contributed by atoms with E-state index in [9.17, 15) is 0 Å². The minimum Gasteiger partial charge on any atom is -0.0625 e. The fourth-order valence-electron chi connectivity index (χ4n) is 2.26. The van der Waals surface area contributed by atoms with Crippen LogP contribution in [0.3, 0.4) is 0 Å². The molecule has 0 aromatic heterocycles. The highest BCUT2D eigenvalue weighted by Crippen LogP contribution is 2.13. The summed E-state index contributed by atoms with van der Waals surface area (Å²) in [4.78, 5) is 0. The van der Waals surface area contributed by atoms with Gasteiger partial charge in [0.15, 0.2) is 0 Å². The maximum atomic E-state index is 4.02. The van der Waals surface area contributed by atoms with Crippen LogP contribution in [0.2, 0.25) is 0 Å². The lowest BCUT2D eigenvalue weighted by Gasteiger charge is -2.04. The monoisotopic (exact) mass is 238 g/mol. The summed E-state index contributed by atoms with van der Waals surface area (Å²) < 4.78 is 0. The van der Waals surface area contributed by atoms with E-state index < -0.39 is 0 Å². The molecule has 0 nitrogen and oxygen atoms in total. The first-order valence-corrected chi connectivity index (χ1v) is 7.89. The zero-order chi connectivity index (χ0) is 12.8. The van der Waals surface area contributed by atoms with Crippen molar-refractivity contribution < 1.29 is 0 Å². The molecule has 1 atom stereocenters. The van der Waals surface area contributed by atoms with E-state index >= 15 is 0 Å². The molecule has 0 aliphatic carbocycles. The third kappa shape index (κ3) is 16.0.